The van der Waals surface area contributed by atoms with Crippen molar-refractivity contribution in [3.05, 3.63) is 52.7 Å². The molecule has 2 fully saturated rings. The Hall–Kier alpha value is -4.09. The minimum atomic E-state index is -0.523. The Kier molecular flexibility index (Phi) is 9.79. The van der Waals surface area contributed by atoms with E-state index in [1.807, 2.05) is 12.1 Å². The smallest absolute Gasteiger partial charge is 0.318 e. The first-order chi connectivity index (χ1) is 22.4. The van der Waals surface area contributed by atoms with Gasteiger partial charge in [-0.05, 0) is 57.3 Å². The zero-order chi connectivity index (χ0) is 32.2. The molecule has 2 N–H and O–H groups in total. The van der Waals surface area contributed by atoms with Gasteiger partial charge in [-0.25, -0.2) is 0 Å². The maximum absolute atomic E-state index is 13.2. The van der Waals surface area contributed by atoms with Crippen molar-refractivity contribution in [2.45, 2.75) is 63.7 Å². The molecule has 0 aliphatic carbocycles. The van der Waals surface area contributed by atoms with Crippen LogP contribution in [-0.4, -0.2) is 90.2 Å². The molecule has 3 aliphatic rings. The van der Waals surface area contributed by atoms with E-state index < -0.39 is 6.04 Å². The molecule has 2 saturated heterocycles. The number of hydrogen-bond acceptors (Lipinski definition) is 9. The Morgan fingerprint density at radius 3 is 2.72 bits per heavy atom. The van der Waals surface area contributed by atoms with E-state index >= 15 is 0 Å². The summed E-state index contributed by atoms with van der Waals surface area (Å²) in [6, 6.07) is 14.4. The Morgan fingerprint density at radius 1 is 1.13 bits per heavy atom. The second-order valence-corrected chi connectivity index (χ2v) is 12.8. The molecular weight excluding hydrogens is 600 g/mol. The van der Waals surface area contributed by atoms with E-state index in [2.05, 4.69) is 63.9 Å². The van der Waals surface area contributed by atoms with Crippen molar-refractivity contribution in [1.82, 2.24) is 19.8 Å². The summed E-state index contributed by atoms with van der Waals surface area (Å²) in [6.07, 6.45) is 3.33. The fourth-order valence-corrected chi connectivity index (χ4v) is 7.30. The Labute approximate surface area is 276 Å². The Balaban J connectivity index is 1.30. The molecule has 46 heavy (non-hydrogen) atoms. The third-order valence-corrected chi connectivity index (χ3v) is 9.74. The van der Waals surface area contributed by atoms with Gasteiger partial charge < -0.3 is 30.1 Å². The lowest BCUT2D eigenvalue weighted by Gasteiger charge is -2.42. The van der Waals surface area contributed by atoms with Crippen LogP contribution in [0.15, 0.2) is 36.4 Å². The number of nitrogens with two attached hydrogens (primary N) is 1. The SMILES string of the molecule is CC#C[C@H](N)CC(=O)N1CCN(c2nc(OC[C@@H]3CCCN3C)nc3c2CCN(c2cccc4cccc(Cl)c24)C3)C[C@@H]1CC#N. The van der Waals surface area contributed by atoms with Crippen LogP contribution >= 0.6 is 11.6 Å². The van der Waals surface area contributed by atoms with Gasteiger partial charge in [0, 0.05) is 48.9 Å². The summed E-state index contributed by atoms with van der Waals surface area (Å²) in [5.74, 6) is 6.40. The number of anilines is 2. The van der Waals surface area contributed by atoms with Gasteiger partial charge in [0.1, 0.15) is 12.4 Å². The predicted octanol–water partition coefficient (Wildman–Crippen LogP) is 3.99. The van der Waals surface area contributed by atoms with Crippen molar-refractivity contribution in [3.63, 3.8) is 0 Å². The number of nitrogens with zero attached hydrogens (tertiary/aromatic N) is 7. The fraction of sp³-hybridized carbons (Fsp3) is 0.486. The normalized spacial score (nSPS) is 20.5. The van der Waals surface area contributed by atoms with Crippen molar-refractivity contribution >= 4 is 39.8 Å². The largest absolute Gasteiger partial charge is 0.462 e. The molecule has 3 aromatic rings. The zero-order valence-corrected chi connectivity index (χ0v) is 27.3. The van der Waals surface area contributed by atoms with E-state index in [1.54, 1.807) is 11.8 Å². The summed E-state index contributed by atoms with van der Waals surface area (Å²) >= 11 is 6.72. The van der Waals surface area contributed by atoms with Crippen molar-refractivity contribution in [1.29, 1.82) is 5.26 Å². The van der Waals surface area contributed by atoms with E-state index in [9.17, 15) is 10.1 Å². The van der Waals surface area contributed by atoms with Gasteiger partial charge in [0.25, 0.3) is 0 Å². The van der Waals surface area contributed by atoms with Gasteiger partial charge in [0.2, 0.25) is 5.91 Å². The van der Waals surface area contributed by atoms with Gasteiger partial charge in [-0.2, -0.15) is 15.2 Å². The predicted molar refractivity (Wildman–Crippen MR) is 181 cm³/mol. The number of piperazine rings is 1. The summed E-state index contributed by atoms with van der Waals surface area (Å²) in [6.45, 7) is 6.21. The minimum absolute atomic E-state index is 0.0750. The van der Waals surface area contributed by atoms with Crippen LogP contribution in [0.2, 0.25) is 5.02 Å². The number of carbonyl (C=O) groups is 1. The maximum Gasteiger partial charge on any atom is 0.318 e. The first kappa shape index (κ1) is 31.9. The second kappa shape index (κ2) is 14.1. The number of hydrogen-bond donors (Lipinski definition) is 1. The highest BCUT2D eigenvalue weighted by molar-refractivity contribution is 6.36. The molecule has 0 radical (unpaired) electrons. The molecule has 0 unspecified atom stereocenters. The lowest BCUT2D eigenvalue weighted by molar-refractivity contribution is -0.134. The maximum atomic E-state index is 13.2. The molecule has 240 valence electrons. The van der Waals surface area contributed by atoms with Crippen molar-refractivity contribution in [3.8, 4) is 23.9 Å². The van der Waals surface area contributed by atoms with Gasteiger partial charge in [0.05, 0.1) is 48.3 Å². The third kappa shape index (κ3) is 6.71. The number of rotatable bonds is 8. The lowest BCUT2D eigenvalue weighted by Crippen LogP contribution is -2.56. The van der Waals surface area contributed by atoms with Crippen LogP contribution in [0, 0.1) is 23.2 Å². The highest BCUT2D eigenvalue weighted by atomic mass is 35.5. The number of halogens is 1. The molecule has 1 amide bonds. The highest BCUT2D eigenvalue weighted by Crippen LogP contribution is 2.37. The fourth-order valence-electron chi connectivity index (χ4n) is 7.02. The number of aromatic nitrogens is 2. The molecule has 0 saturated carbocycles. The number of amides is 1. The van der Waals surface area contributed by atoms with Crippen LogP contribution in [0.25, 0.3) is 10.8 Å². The van der Waals surface area contributed by atoms with Crippen molar-refractivity contribution in [2.75, 3.05) is 56.2 Å². The molecule has 11 heteroatoms. The van der Waals surface area contributed by atoms with E-state index in [1.165, 1.54) is 0 Å². The average molecular weight is 641 g/mol. The molecule has 0 bridgehead atoms. The van der Waals surface area contributed by atoms with E-state index in [0.717, 1.165) is 70.9 Å². The quantitative estimate of drug-likeness (QED) is 0.365. The van der Waals surface area contributed by atoms with E-state index in [4.69, 9.17) is 32.0 Å². The van der Waals surface area contributed by atoms with Crippen molar-refractivity contribution in [2.24, 2.45) is 5.73 Å². The monoisotopic (exact) mass is 640 g/mol. The van der Waals surface area contributed by atoms with Crippen LogP contribution in [0.4, 0.5) is 11.5 Å². The van der Waals surface area contributed by atoms with Gasteiger partial charge in [0.15, 0.2) is 0 Å². The highest BCUT2D eigenvalue weighted by Gasteiger charge is 2.34. The van der Waals surface area contributed by atoms with Gasteiger partial charge in [-0.3, -0.25) is 4.79 Å². The van der Waals surface area contributed by atoms with Crippen LogP contribution in [0.5, 0.6) is 6.01 Å². The molecule has 3 atom stereocenters. The number of benzene rings is 2. The summed E-state index contributed by atoms with van der Waals surface area (Å²) in [7, 11) is 2.13. The number of carbonyl (C=O) groups excluding carboxylic acids is 1. The number of ether oxygens (including phenoxy) is 1. The minimum Gasteiger partial charge on any atom is -0.462 e. The van der Waals surface area contributed by atoms with Crippen LogP contribution in [0.1, 0.15) is 43.9 Å². The number of likely N-dealkylation sites (N-methyl/N-ethyl adjacent to an activating group) is 1. The number of nitriles is 1. The van der Waals surface area contributed by atoms with Crippen LogP contribution < -0.4 is 20.3 Å². The second-order valence-electron chi connectivity index (χ2n) is 12.4. The molecule has 4 heterocycles. The third-order valence-electron chi connectivity index (χ3n) is 9.43. The zero-order valence-electron chi connectivity index (χ0n) is 26.6. The summed E-state index contributed by atoms with van der Waals surface area (Å²) in [4.78, 5) is 31.9. The van der Waals surface area contributed by atoms with E-state index in [-0.39, 0.29) is 24.8 Å². The molecule has 0 spiro atoms. The van der Waals surface area contributed by atoms with Gasteiger partial charge >= 0.3 is 6.01 Å². The first-order valence-corrected chi connectivity index (χ1v) is 16.5. The molecule has 3 aliphatic heterocycles. The number of likely N-dealkylation sites (tertiary alicyclic amines) is 1. The summed E-state index contributed by atoms with van der Waals surface area (Å²) in [5.41, 5.74) is 9.15. The first-order valence-electron chi connectivity index (χ1n) is 16.1. The van der Waals surface area contributed by atoms with Gasteiger partial charge in [-0.1, -0.05) is 41.8 Å². The van der Waals surface area contributed by atoms with Gasteiger partial charge in [-0.15, -0.1) is 5.92 Å². The Morgan fingerprint density at radius 2 is 1.96 bits per heavy atom. The lowest BCUT2D eigenvalue weighted by atomic mass is 10.0. The average Bonchev–Trinajstić information content (AvgIpc) is 3.47. The Bertz CT molecular complexity index is 1690. The van der Waals surface area contributed by atoms with E-state index in [0.29, 0.717) is 44.8 Å². The summed E-state index contributed by atoms with van der Waals surface area (Å²) < 4.78 is 6.31. The molecular formula is C35H41ClN8O2. The number of fused-ring (bicyclic) bond motifs is 2. The summed E-state index contributed by atoms with van der Waals surface area (Å²) in [5, 5.41) is 12.6. The molecule has 1 aromatic heterocycles. The standard InChI is InChI=1S/C35H41ClN8O2/c1-3-7-25(38)20-32(45)44-19-18-43(21-26(44)13-15-37)34-28-14-17-42(31-12-5-9-24-8-4-11-29(36)33(24)31)22-30(28)39-35(40-34)46-23-27-10-6-16-41(27)2/h4-5,8-9,11-12,25-27H,6,10,13-14,16-23,38H2,1-2H3/t25-,26-,27-/m0/s1. The molecule has 10 nitrogen and oxygen atoms in total. The van der Waals surface area contributed by atoms with Crippen molar-refractivity contribution < 1.29 is 9.53 Å². The van der Waals surface area contributed by atoms with Crippen LogP contribution in [-0.2, 0) is 17.8 Å². The molecule has 2 aromatic carbocycles. The van der Waals surface area contributed by atoms with Crippen LogP contribution in [0.3, 0.4) is 0 Å². The topological polar surface area (TPSA) is 115 Å². The molecule has 6 rings (SSSR count).